The zero-order valence-corrected chi connectivity index (χ0v) is 13.8. The third-order valence-electron chi connectivity index (χ3n) is 4.35. The summed E-state index contributed by atoms with van der Waals surface area (Å²) in [6.07, 6.45) is 0.140. The Morgan fingerprint density at radius 2 is 2.26 bits per heavy atom. The number of carbonyl (C=O) groups is 2. The monoisotopic (exact) mass is 339 g/mol. The molecule has 3 heterocycles. The molecule has 23 heavy (non-hydrogen) atoms. The second-order valence-corrected chi connectivity index (χ2v) is 7.38. The predicted octanol–water partition coefficient (Wildman–Crippen LogP) is 3.29. The highest BCUT2D eigenvalue weighted by Crippen LogP contribution is 2.51. The molecule has 2 N–H and O–H groups in total. The summed E-state index contributed by atoms with van der Waals surface area (Å²) < 4.78 is 5.68. The number of halogens is 1. The molecule has 1 fully saturated rings. The molecule has 1 aromatic heterocycles. The van der Waals surface area contributed by atoms with Gasteiger partial charge < -0.3 is 14.7 Å². The minimum absolute atomic E-state index is 0.274. The van der Waals surface area contributed by atoms with Crippen molar-refractivity contribution in [1.29, 1.82) is 0 Å². The number of carbonyl (C=O) groups excluding carboxylic acids is 1. The maximum absolute atomic E-state index is 12.0. The van der Waals surface area contributed by atoms with Crippen molar-refractivity contribution in [2.24, 2.45) is 5.41 Å². The number of fused-ring (bicyclic) bond motifs is 2. The lowest BCUT2D eigenvalue weighted by Crippen LogP contribution is -2.56. The van der Waals surface area contributed by atoms with E-state index in [4.69, 9.17) is 16.3 Å². The van der Waals surface area contributed by atoms with Crippen LogP contribution < -0.4 is 5.32 Å². The second kappa shape index (κ2) is 4.99. The van der Waals surface area contributed by atoms with Gasteiger partial charge in [-0.25, -0.2) is 14.6 Å². The van der Waals surface area contributed by atoms with Crippen LogP contribution in [0.15, 0.2) is 12.3 Å². The predicted molar refractivity (Wildman–Crippen MR) is 83.6 cm³/mol. The van der Waals surface area contributed by atoms with E-state index in [2.05, 4.69) is 10.3 Å². The van der Waals surface area contributed by atoms with Crippen molar-refractivity contribution in [3.63, 3.8) is 0 Å². The number of rotatable bonds is 0. The summed E-state index contributed by atoms with van der Waals surface area (Å²) in [6.45, 7) is 6.05. The molecule has 2 amide bonds. The lowest BCUT2D eigenvalue weighted by Gasteiger charge is -2.45. The molecule has 3 rings (SSSR count). The van der Waals surface area contributed by atoms with E-state index in [0.717, 1.165) is 0 Å². The summed E-state index contributed by atoms with van der Waals surface area (Å²) in [5, 5.41) is 12.5. The topological polar surface area (TPSA) is 91.8 Å². The number of carboxylic acid groups (broad SMARTS) is 1. The first-order chi connectivity index (χ1) is 10.6. The number of hydrogen-bond acceptors (Lipinski definition) is 4. The van der Waals surface area contributed by atoms with Crippen LogP contribution in [0.4, 0.5) is 15.4 Å². The Morgan fingerprint density at radius 3 is 2.87 bits per heavy atom. The van der Waals surface area contributed by atoms with Gasteiger partial charge in [-0.15, -0.1) is 0 Å². The highest BCUT2D eigenvalue weighted by Gasteiger charge is 2.60. The number of pyridine rings is 1. The number of ether oxygens (including phenoxy) is 1. The van der Waals surface area contributed by atoms with E-state index in [9.17, 15) is 14.7 Å². The zero-order valence-electron chi connectivity index (χ0n) is 13.1. The molecule has 1 aromatic rings. The molecule has 2 atom stereocenters. The van der Waals surface area contributed by atoms with E-state index in [0.29, 0.717) is 22.8 Å². The smallest absolute Gasteiger partial charge is 0.413 e. The molecule has 0 radical (unpaired) electrons. The van der Waals surface area contributed by atoms with Crippen LogP contribution in [0.5, 0.6) is 0 Å². The van der Waals surface area contributed by atoms with Crippen LogP contribution in [0.1, 0.15) is 32.8 Å². The number of nitrogens with zero attached hydrogens (tertiary/aromatic N) is 2. The van der Waals surface area contributed by atoms with E-state index >= 15 is 0 Å². The van der Waals surface area contributed by atoms with Gasteiger partial charge in [0.1, 0.15) is 5.82 Å². The van der Waals surface area contributed by atoms with Crippen molar-refractivity contribution in [2.75, 3.05) is 11.9 Å². The van der Waals surface area contributed by atoms with Crippen LogP contribution >= 0.6 is 11.6 Å². The molecular formula is C15H18ClN3O4. The molecule has 0 bridgehead atoms. The molecule has 2 aliphatic heterocycles. The van der Waals surface area contributed by atoms with Crippen molar-refractivity contribution in [3.8, 4) is 0 Å². The summed E-state index contributed by atoms with van der Waals surface area (Å²) in [4.78, 5) is 29.2. The number of nitrogens with one attached hydrogen (secondary N) is 1. The Labute approximate surface area is 138 Å². The van der Waals surface area contributed by atoms with Gasteiger partial charge >= 0.3 is 12.2 Å². The van der Waals surface area contributed by atoms with Crippen molar-refractivity contribution < 1.29 is 19.4 Å². The van der Waals surface area contributed by atoms with Gasteiger partial charge in [-0.1, -0.05) is 32.4 Å². The third kappa shape index (κ3) is 2.39. The molecule has 0 aromatic carbocycles. The second-order valence-electron chi connectivity index (χ2n) is 6.95. The maximum atomic E-state index is 12.0. The van der Waals surface area contributed by atoms with Gasteiger partial charge in [-0.3, -0.25) is 5.32 Å². The van der Waals surface area contributed by atoms with E-state index in [1.807, 2.05) is 20.8 Å². The average molecular weight is 340 g/mol. The Kier molecular flexibility index (Phi) is 3.44. The fourth-order valence-electron chi connectivity index (χ4n) is 3.77. The highest BCUT2D eigenvalue weighted by atomic mass is 35.5. The minimum Gasteiger partial charge on any atom is -0.465 e. The first-order valence-electron chi connectivity index (χ1n) is 7.31. The van der Waals surface area contributed by atoms with Gasteiger partial charge in [0.2, 0.25) is 0 Å². The van der Waals surface area contributed by atoms with Crippen LogP contribution in [-0.2, 0) is 10.3 Å². The Balaban J connectivity index is 2.22. The summed E-state index contributed by atoms with van der Waals surface area (Å²) in [7, 11) is 0. The number of amides is 2. The first-order valence-corrected chi connectivity index (χ1v) is 7.68. The maximum Gasteiger partial charge on any atom is 0.413 e. The molecular weight excluding hydrogens is 322 g/mol. The quantitative estimate of drug-likeness (QED) is 0.756. The van der Waals surface area contributed by atoms with E-state index < -0.39 is 29.2 Å². The molecule has 2 aliphatic rings. The van der Waals surface area contributed by atoms with E-state index in [1.165, 1.54) is 11.1 Å². The van der Waals surface area contributed by atoms with Crippen molar-refractivity contribution in [1.82, 2.24) is 9.88 Å². The fourth-order valence-corrected chi connectivity index (χ4v) is 3.93. The van der Waals surface area contributed by atoms with E-state index in [-0.39, 0.29) is 6.54 Å². The molecule has 1 spiro atoms. The van der Waals surface area contributed by atoms with Gasteiger partial charge in [0.25, 0.3) is 0 Å². The molecule has 0 aliphatic carbocycles. The zero-order chi connectivity index (χ0) is 17.0. The van der Waals surface area contributed by atoms with Gasteiger partial charge in [-0.2, -0.15) is 0 Å². The number of aromatic nitrogens is 1. The summed E-state index contributed by atoms with van der Waals surface area (Å²) in [5.74, 6) is 0.368. The number of likely N-dealkylation sites (tertiary alicyclic amines) is 1. The lowest BCUT2D eigenvalue weighted by atomic mass is 9.73. The molecule has 7 nitrogen and oxygen atoms in total. The Morgan fingerprint density at radius 1 is 1.57 bits per heavy atom. The molecule has 8 heteroatoms. The number of hydrogen-bond donors (Lipinski definition) is 2. The average Bonchev–Trinajstić information content (AvgIpc) is 2.80. The standard InChI is InChI=1S/C15H18ClN3O4/c1-14(2,3)11-15(4-5-19(11)13(21)22)9-6-8(16)7-17-10(9)18-12(20)23-15/h6-7,11H,4-5H2,1-3H3,(H,21,22)(H,17,18,20). The molecule has 0 saturated carbocycles. The lowest BCUT2D eigenvalue weighted by molar-refractivity contribution is -0.0508. The van der Waals surface area contributed by atoms with Gasteiger partial charge in [0, 0.05) is 24.7 Å². The Bertz CT molecular complexity index is 688. The summed E-state index contributed by atoms with van der Waals surface area (Å²) in [6, 6.07) is 1.14. The van der Waals surface area contributed by atoms with Crippen molar-refractivity contribution in [3.05, 3.63) is 22.8 Å². The minimum atomic E-state index is -1.09. The fraction of sp³-hybridized carbons (Fsp3) is 0.533. The van der Waals surface area contributed by atoms with Crippen LogP contribution in [0.25, 0.3) is 0 Å². The normalized spacial score (nSPS) is 26.7. The van der Waals surface area contributed by atoms with Gasteiger partial charge in [0.05, 0.1) is 11.1 Å². The highest BCUT2D eigenvalue weighted by molar-refractivity contribution is 6.30. The van der Waals surface area contributed by atoms with Crippen LogP contribution in [0.3, 0.4) is 0 Å². The summed E-state index contributed by atoms with van der Waals surface area (Å²) in [5.41, 5.74) is -0.925. The molecule has 124 valence electrons. The Hall–Kier alpha value is -2.02. The van der Waals surface area contributed by atoms with Crippen molar-refractivity contribution >= 4 is 29.6 Å². The van der Waals surface area contributed by atoms with Crippen LogP contribution in [-0.4, -0.2) is 39.8 Å². The largest absolute Gasteiger partial charge is 0.465 e. The van der Waals surface area contributed by atoms with Crippen LogP contribution in [0.2, 0.25) is 5.02 Å². The van der Waals surface area contributed by atoms with Gasteiger partial charge in [-0.05, 0) is 11.5 Å². The van der Waals surface area contributed by atoms with Crippen LogP contribution in [0, 0.1) is 5.41 Å². The first kappa shape index (κ1) is 15.9. The third-order valence-corrected chi connectivity index (χ3v) is 4.56. The van der Waals surface area contributed by atoms with Gasteiger partial charge in [0.15, 0.2) is 5.60 Å². The van der Waals surface area contributed by atoms with Crippen molar-refractivity contribution in [2.45, 2.75) is 38.8 Å². The SMILES string of the molecule is CC(C)(C)C1N(C(=O)O)CCC12OC(=O)Nc1ncc(Cl)cc12. The summed E-state index contributed by atoms with van der Waals surface area (Å²) >= 11 is 6.07. The molecule has 1 saturated heterocycles. The van der Waals surface area contributed by atoms with E-state index in [1.54, 1.807) is 6.07 Å². The number of anilines is 1. The molecule has 2 unspecified atom stereocenters.